The zero-order valence-corrected chi connectivity index (χ0v) is 87.3. The largest absolute Gasteiger partial charge is 0.417 e. The standard InChI is InChI=1S/C19H19N3O4S.C17H20N6O3S.C13H16N2S.C12H13N3O4S.C12H15N3O2S.C12H13N3O2S.C10H10N2S.C4H7N3/c1-14(2)22-13-18(12-20-22)27(24,25)17-10-8-15(9-11-17)21-19(23)26-16-6-4-3-5-7-16;1-12(2)23-11-16(10-21-23)27(25,26)15-5-3-14(4-6-15)22-17(24)18-7-13-8-19-20-9-13;1-11(2)15-9-13(8-14-15)16-10-12-6-4-3-5-7-12;1-9(2)14-8-12(7-13-14)20(18,19)11-5-3-10(4-6-11)15(16)17;1-9(2)15-8-12(7-14-15)18(16,17)11-5-3-10(13)4-6-11;1-9(2)14-8-12(7-13-14)18-11-5-3-10(4-6-11)15(16)17;1-2-4-9(5-3-1)8-13-10-6-11-12-7-10;5-1-4-2-6-7-3-4/h3-14H,1-2H3,(H,21,23);3-6,8-12H,7H2,1-2H3,(H,19,20)(H2,18,22,24);3-9,11H,10H2,1-2H3;3-9H,1-2H3;3-9H,13H2,1-2H3;3-9H,1-2H3;1-7H,8H2,(H,11,12);2-3H,1,5H2,(H,6,7). The van der Waals surface area contributed by atoms with E-state index in [-0.39, 0.29) is 74.7 Å². The van der Waals surface area contributed by atoms with Gasteiger partial charge in [-0.3, -0.25) is 68.9 Å². The van der Waals surface area contributed by atoms with E-state index in [2.05, 4.69) is 160 Å². The molecule has 17 aromatic rings. The van der Waals surface area contributed by atoms with Crippen LogP contribution in [0.3, 0.4) is 0 Å². The molecule has 40 nitrogen and oxygen atoms in total. The van der Waals surface area contributed by atoms with Gasteiger partial charge >= 0.3 is 12.1 Å². The van der Waals surface area contributed by atoms with Crippen LogP contribution in [0, 0.1) is 20.2 Å². The highest BCUT2D eigenvalue weighted by atomic mass is 32.2. The van der Waals surface area contributed by atoms with Crippen LogP contribution in [-0.4, -0.2) is 145 Å². The molecule has 17 rings (SSSR count). The monoisotopic (exact) mass is 2120 g/mol. The van der Waals surface area contributed by atoms with Gasteiger partial charge in [-0.15, -0.1) is 23.5 Å². The van der Waals surface area contributed by atoms with Crippen molar-refractivity contribution in [1.29, 1.82) is 0 Å². The maximum Gasteiger partial charge on any atom is 0.417 e. The lowest BCUT2D eigenvalue weighted by atomic mass is 10.2. The van der Waals surface area contributed by atoms with Crippen molar-refractivity contribution in [2.75, 3.05) is 16.4 Å². The SMILES string of the molecule is CC(C)n1cc(S(=O)(=O)c2ccc(N)cc2)cn1.CC(C)n1cc(S(=O)(=O)c2ccc(NC(=O)NCc3cn[nH]c3)cc2)cn1.CC(C)n1cc(S(=O)(=O)c2ccc(NC(=O)Oc3ccccc3)cc2)cn1.CC(C)n1cc(S(=O)(=O)c2ccc([N+](=O)[O-])cc2)cn1.CC(C)n1cc(SCc2ccccc2)cn1.CC(C)n1cc(Sc2ccc([N+](=O)[O-])cc2)cn1.NCc1cn[nH]c1.c1ccc(CSc2cn[nH]c2)cc1. The third-order valence-electron chi connectivity index (χ3n) is 20.3. The highest BCUT2D eigenvalue weighted by molar-refractivity contribution is 7.99. The number of hydrogen-bond donors (Lipinski definition) is 8. The van der Waals surface area contributed by atoms with Crippen molar-refractivity contribution in [2.45, 2.75) is 203 Å². The van der Waals surface area contributed by atoms with Crippen molar-refractivity contribution < 1.29 is 57.8 Å². The third kappa shape index (κ3) is 34.4. The summed E-state index contributed by atoms with van der Waals surface area (Å²) in [5, 5.41) is 73.2. The first-order valence-electron chi connectivity index (χ1n) is 45.2. The van der Waals surface area contributed by atoms with E-state index in [1.165, 1.54) is 172 Å². The summed E-state index contributed by atoms with van der Waals surface area (Å²) in [4.78, 5) is 49.3. The van der Waals surface area contributed by atoms with Crippen LogP contribution in [0.15, 0.2) is 383 Å². The Labute approximate surface area is 858 Å². The van der Waals surface area contributed by atoms with Gasteiger partial charge in [0.05, 0.1) is 90.1 Å². The number of urea groups is 1. The number of aromatic amines is 3. The number of carbonyl (C=O) groups excluding carboxylic acids is 2. The highest BCUT2D eigenvalue weighted by Crippen LogP contribution is 2.33. The molecular weight excluding hydrogens is 2000 g/mol. The number of carbonyl (C=O) groups is 2. The van der Waals surface area contributed by atoms with Gasteiger partial charge < -0.3 is 26.8 Å². The van der Waals surface area contributed by atoms with Crippen LogP contribution in [0.2, 0.25) is 0 Å². The lowest BCUT2D eigenvalue weighted by Gasteiger charge is -2.08. The second-order valence-electron chi connectivity index (χ2n) is 33.3. The zero-order chi connectivity index (χ0) is 106. The minimum absolute atomic E-state index is 0.00593. The van der Waals surface area contributed by atoms with E-state index >= 15 is 0 Å². The van der Waals surface area contributed by atoms with Crippen molar-refractivity contribution in [2.24, 2.45) is 5.73 Å². The minimum Gasteiger partial charge on any atom is -0.410 e. The van der Waals surface area contributed by atoms with Gasteiger partial charge in [-0.2, -0.15) is 45.9 Å². The maximum atomic E-state index is 12.7. The smallest absolute Gasteiger partial charge is 0.410 e. The predicted molar refractivity (Wildman–Crippen MR) is 559 cm³/mol. The summed E-state index contributed by atoms with van der Waals surface area (Å²) in [5.74, 6) is 2.42. The summed E-state index contributed by atoms with van der Waals surface area (Å²) < 4.78 is 115. The predicted octanol–water partition coefficient (Wildman–Crippen LogP) is 20.2. The Bertz CT molecular complexity index is 7400. The summed E-state index contributed by atoms with van der Waals surface area (Å²) in [6.45, 7) is 24.6. The quantitative estimate of drug-likeness (QED) is 0.00897. The van der Waals surface area contributed by atoms with Crippen LogP contribution in [0.25, 0.3) is 0 Å². The zero-order valence-electron chi connectivity index (χ0n) is 81.6. The summed E-state index contributed by atoms with van der Waals surface area (Å²) in [5.41, 5.74) is 16.7. The molecule has 0 aliphatic heterocycles. The number of nitro groups is 2. The fourth-order valence-corrected chi connectivity index (χ4v) is 19.3. The fourth-order valence-electron chi connectivity index (χ4n) is 12.1. The van der Waals surface area contributed by atoms with E-state index in [4.69, 9.17) is 16.2 Å². The number of nitrogen functional groups attached to an aromatic ring is 1. The van der Waals surface area contributed by atoms with Crippen molar-refractivity contribution in [3.05, 3.63) is 366 Å². The molecule has 9 aromatic heterocycles. The Morgan fingerprint density at radius 2 is 0.692 bits per heavy atom. The normalized spacial score (nSPS) is 11.2. The molecule has 0 aliphatic rings. The number of para-hydroxylation sites is 1. The van der Waals surface area contributed by atoms with Gasteiger partial charge in [0.1, 0.15) is 25.3 Å². The van der Waals surface area contributed by atoms with Gasteiger partial charge in [0.25, 0.3) is 11.4 Å². The van der Waals surface area contributed by atoms with Crippen LogP contribution in [0.4, 0.5) is 38.0 Å². The number of non-ortho nitro benzene ring substituents is 2. The first kappa shape index (κ1) is 113. The molecule has 0 saturated carbocycles. The number of nitrogens with zero attached hydrogens (tertiary/aromatic N) is 17. The Balaban J connectivity index is 0.000000174. The summed E-state index contributed by atoms with van der Waals surface area (Å²) >= 11 is 5.16. The molecule has 0 saturated heterocycles. The van der Waals surface area contributed by atoms with Gasteiger partial charge in [0.2, 0.25) is 39.3 Å². The van der Waals surface area contributed by atoms with Crippen molar-refractivity contribution in [3.8, 4) is 5.75 Å². The van der Waals surface area contributed by atoms with Crippen LogP contribution in [-0.2, 0) is 63.9 Å². The van der Waals surface area contributed by atoms with Crippen molar-refractivity contribution in [1.82, 2.24) is 94.6 Å². The molecule has 9 heterocycles. The molecule has 0 bridgehead atoms. The summed E-state index contributed by atoms with van der Waals surface area (Å²) in [6.07, 6.45) is 29.0. The second-order valence-corrected chi connectivity index (χ2v) is 44.3. The number of anilines is 3. The molecule has 0 fully saturated rings. The lowest BCUT2D eigenvalue weighted by Crippen LogP contribution is -2.28. The number of thioether (sulfide) groups is 2. The average Bonchev–Trinajstić information content (AvgIpc) is 1.56. The number of hydrogen-bond acceptors (Lipinski definition) is 29. The van der Waals surface area contributed by atoms with Gasteiger partial charge in [-0.1, -0.05) is 90.6 Å². The molecule has 47 heteroatoms. The Morgan fingerprint density at radius 3 is 1.04 bits per heavy atom. The van der Waals surface area contributed by atoms with Gasteiger partial charge in [0.15, 0.2) is 0 Å². The number of nitrogens with one attached hydrogen (secondary N) is 6. The third-order valence-corrected chi connectivity index (χ3v) is 30.2. The van der Waals surface area contributed by atoms with Gasteiger partial charge in [-0.25, -0.2) is 43.3 Å². The van der Waals surface area contributed by atoms with Crippen LogP contribution in [0.5, 0.6) is 5.75 Å². The van der Waals surface area contributed by atoms with Crippen LogP contribution < -0.4 is 32.2 Å². The first-order chi connectivity index (χ1) is 69.6. The number of benzene rings is 8. The second kappa shape index (κ2) is 54.3. The van der Waals surface area contributed by atoms with E-state index in [1.54, 1.807) is 117 Å². The molecule has 0 unspecified atom stereocenters. The molecule has 0 atom stereocenters. The topological polar surface area (TPSA) is 547 Å². The number of H-pyrrole nitrogens is 3. The van der Waals surface area contributed by atoms with Gasteiger partial charge in [-0.05, 0) is 203 Å². The maximum absolute atomic E-state index is 12.7. The van der Waals surface area contributed by atoms with E-state index in [1.807, 2.05) is 120 Å². The molecule has 10 N–H and O–H groups in total. The molecule has 0 spiro atoms. The Morgan fingerprint density at radius 1 is 0.363 bits per heavy atom. The Kier molecular flexibility index (Phi) is 41.9. The average molecular weight is 2120 g/mol. The lowest BCUT2D eigenvalue weighted by molar-refractivity contribution is -0.385. The van der Waals surface area contributed by atoms with E-state index in [9.17, 15) is 63.5 Å². The van der Waals surface area contributed by atoms with Crippen LogP contribution >= 0.6 is 35.3 Å². The molecular formula is C99H113N25O15S7. The van der Waals surface area contributed by atoms with E-state index in [0.717, 1.165) is 32.4 Å². The number of nitrogens with two attached hydrogens (primary N) is 2. The Hall–Kier alpha value is -15.4. The molecule has 766 valence electrons. The van der Waals surface area contributed by atoms with Crippen LogP contribution in [0.1, 0.15) is 142 Å². The minimum atomic E-state index is -3.70. The molecule has 0 radical (unpaired) electrons. The molecule has 146 heavy (non-hydrogen) atoms. The van der Waals surface area contributed by atoms with E-state index in [0.29, 0.717) is 48.0 Å². The number of nitro benzene ring substituents is 2. The van der Waals surface area contributed by atoms with Crippen molar-refractivity contribution in [3.63, 3.8) is 0 Å². The van der Waals surface area contributed by atoms with E-state index < -0.39 is 61.3 Å². The number of amides is 3. The first-order valence-corrected chi connectivity index (χ1v) is 53.9. The van der Waals surface area contributed by atoms with Gasteiger partial charge in [0, 0.05) is 184 Å². The fraction of sp³-hybridized carbons (Fsp3) is 0.222. The number of rotatable bonds is 30. The highest BCUT2D eigenvalue weighted by Gasteiger charge is 2.26. The summed E-state index contributed by atoms with van der Waals surface area (Å²) in [6, 6.07) is 59.5. The van der Waals surface area contributed by atoms with Crippen molar-refractivity contribution >= 4 is 115 Å². The molecule has 8 aromatic carbocycles. The summed E-state index contributed by atoms with van der Waals surface area (Å²) in [7, 11) is -14.5. The number of aromatic nitrogens is 18. The molecule has 0 aliphatic carbocycles. The number of sulfone groups is 4. The number of ether oxygens (including phenoxy) is 1. The molecule has 3 amide bonds.